The highest BCUT2D eigenvalue weighted by Crippen LogP contribution is 2.30. The van der Waals surface area contributed by atoms with Gasteiger partial charge in [0.25, 0.3) is 0 Å². The van der Waals surface area contributed by atoms with Gasteiger partial charge in [-0.2, -0.15) is 8.78 Å². The molecular formula is C20H18F2N4O5. The molecule has 1 aliphatic rings. The number of halogens is 2. The lowest BCUT2D eigenvalue weighted by Gasteiger charge is -2.23. The van der Waals surface area contributed by atoms with Crippen LogP contribution in [0.4, 0.5) is 14.6 Å². The number of fused-ring (bicyclic) bond motifs is 1. The molecule has 11 heteroatoms. The van der Waals surface area contributed by atoms with E-state index < -0.39 is 11.5 Å². The number of hydrogen-bond acceptors (Lipinski definition) is 7. The SMILES string of the molecule is O=[N+]([O-])c1cn2c(n1)OC[C@@H](NCc1ccc(OC(F)F)cc1Oc1ccccc1)C2. The lowest BCUT2D eigenvalue weighted by atomic mass is 10.1. The Morgan fingerprint density at radius 1 is 1.26 bits per heavy atom. The fourth-order valence-corrected chi connectivity index (χ4v) is 3.13. The third-order valence-electron chi connectivity index (χ3n) is 4.56. The van der Waals surface area contributed by atoms with Gasteiger partial charge in [-0.3, -0.25) is 4.57 Å². The molecule has 9 nitrogen and oxygen atoms in total. The molecule has 0 saturated heterocycles. The van der Waals surface area contributed by atoms with Crippen LogP contribution in [-0.4, -0.2) is 33.7 Å². The van der Waals surface area contributed by atoms with Crippen molar-refractivity contribution >= 4 is 5.82 Å². The summed E-state index contributed by atoms with van der Waals surface area (Å²) < 4.78 is 42.6. The van der Waals surface area contributed by atoms with Gasteiger partial charge < -0.3 is 29.6 Å². The quantitative estimate of drug-likeness (QED) is 0.428. The molecule has 2 heterocycles. The molecule has 162 valence electrons. The van der Waals surface area contributed by atoms with E-state index in [9.17, 15) is 18.9 Å². The number of para-hydroxylation sites is 1. The molecule has 0 radical (unpaired) electrons. The molecule has 0 amide bonds. The van der Waals surface area contributed by atoms with E-state index in [1.165, 1.54) is 18.3 Å². The van der Waals surface area contributed by atoms with Crippen LogP contribution in [0.5, 0.6) is 23.3 Å². The molecule has 0 aliphatic carbocycles. The van der Waals surface area contributed by atoms with Crippen molar-refractivity contribution in [1.29, 1.82) is 0 Å². The highest BCUT2D eigenvalue weighted by atomic mass is 19.3. The fourth-order valence-electron chi connectivity index (χ4n) is 3.13. The summed E-state index contributed by atoms with van der Waals surface area (Å²) in [5.74, 6) is 0.631. The first-order valence-corrected chi connectivity index (χ1v) is 9.36. The van der Waals surface area contributed by atoms with E-state index in [4.69, 9.17) is 9.47 Å². The topological polar surface area (TPSA) is 101 Å². The number of imidazole rings is 1. The van der Waals surface area contributed by atoms with Crippen molar-refractivity contribution in [2.24, 2.45) is 0 Å². The zero-order chi connectivity index (χ0) is 21.8. The maximum absolute atomic E-state index is 12.6. The molecular weight excluding hydrogens is 414 g/mol. The molecule has 0 unspecified atom stereocenters. The first-order chi connectivity index (χ1) is 15.0. The number of nitrogens with one attached hydrogen (secondary N) is 1. The molecule has 0 bridgehead atoms. The van der Waals surface area contributed by atoms with Gasteiger partial charge in [0.2, 0.25) is 0 Å². The second kappa shape index (κ2) is 8.96. The molecule has 1 N–H and O–H groups in total. The first-order valence-electron chi connectivity index (χ1n) is 9.36. The number of rotatable bonds is 8. The summed E-state index contributed by atoms with van der Waals surface area (Å²) in [6.07, 6.45) is 1.32. The van der Waals surface area contributed by atoms with Crippen LogP contribution in [0.15, 0.2) is 54.7 Å². The number of hydrogen-bond donors (Lipinski definition) is 1. The number of ether oxygens (including phenoxy) is 3. The monoisotopic (exact) mass is 432 g/mol. The summed E-state index contributed by atoms with van der Waals surface area (Å²) in [6.45, 7) is -1.90. The van der Waals surface area contributed by atoms with Crippen LogP contribution in [0.1, 0.15) is 5.56 Å². The van der Waals surface area contributed by atoms with Gasteiger partial charge in [0.1, 0.15) is 30.1 Å². The van der Waals surface area contributed by atoms with Crippen molar-refractivity contribution in [2.45, 2.75) is 25.7 Å². The lowest BCUT2D eigenvalue weighted by molar-refractivity contribution is -0.389. The van der Waals surface area contributed by atoms with E-state index in [1.54, 1.807) is 34.9 Å². The van der Waals surface area contributed by atoms with E-state index in [0.717, 1.165) is 0 Å². The molecule has 0 fully saturated rings. The van der Waals surface area contributed by atoms with Gasteiger partial charge in [0.05, 0.1) is 6.04 Å². The Labute approximate surface area is 175 Å². The van der Waals surface area contributed by atoms with E-state index in [2.05, 4.69) is 15.0 Å². The number of nitro groups is 1. The minimum Gasteiger partial charge on any atom is -0.457 e. The van der Waals surface area contributed by atoms with Gasteiger partial charge in [0, 0.05) is 29.7 Å². The number of benzene rings is 2. The van der Waals surface area contributed by atoms with Crippen molar-refractivity contribution in [3.05, 3.63) is 70.4 Å². The second-order valence-electron chi connectivity index (χ2n) is 6.74. The van der Waals surface area contributed by atoms with Gasteiger partial charge in [-0.15, -0.1) is 0 Å². The van der Waals surface area contributed by atoms with Crippen LogP contribution in [0.25, 0.3) is 0 Å². The summed E-state index contributed by atoms with van der Waals surface area (Å²) in [5, 5.41) is 14.2. The normalized spacial score (nSPS) is 15.3. The molecule has 0 saturated carbocycles. The second-order valence-corrected chi connectivity index (χ2v) is 6.74. The van der Waals surface area contributed by atoms with Crippen molar-refractivity contribution < 1.29 is 27.9 Å². The lowest BCUT2D eigenvalue weighted by Crippen LogP contribution is -2.41. The zero-order valence-corrected chi connectivity index (χ0v) is 16.1. The highest BCUT2D eigenvalue weighted by Gasteiger charge is 2.27. The van der Waals surface area contributed by atoms with Crippen LogP contribution in [0.3, 0.4) is 0 Å². The molecule has 3 aromatic rings. The minimum atomic E-state index is -2.94. The molecule has 1 aromatic heterocycles. The Balaban J connectivity index is 1.47. The van der Waals surface area contributed by atoms with Gasteiger partial charge in [-0.1, -0.05) is 24.3 Å². The van der Waals surface area contributed by atoms with Gasteiger partial charge in [0.15, 0.2) is 0 Å². The Bertz CT molecular complexity index is 1060. The molecule has 4 rings (SSSR count). The predicted molar refractivity (Wildman–Crippen MR) is 105 cm³/mol. The third-order valence-corrected chi connectivity index (χ3v) is 4.56. The fraction of sp³-hybridized carbons (Fsp3) is 0.250. The zero-order valence-electron chi connectivity index (χ0n) is 16.1. The molecule has 2 aromatic carbocycles. The van der Waals surface area contributed by atoms with E-state index in [0.29, 0.717) is 30.2 Å². The third kappa shape index (κ3) is 5.07. The molecule has 1 atom stereocenters. The molecule has 31 heavy (non-hydrogen) atoms. The van der Waals surface area contributed by atoms with Gasteiger partial charge in [-0.25, -0.2) is 0 Å². The summed E-state index contributed by atoms with van der Waals surface area (Å²) in [5.41, 5.74) is 0.716. The maximum atomic E-state index is 12.6. The number of aromatic nitrogens is 2. The average molecular weight is 432 g/mol. The standard InChI is InChI=1S/C20H18F2N4O5/c21-19(22)31-16-7-6-13(17(8-16)30-15-4-2-1-3-5-15)9-23-14-10-25-11-18(26(27)28)24-20(25)29-12-14/h1-8,11,14,19,23H,9-10,12H2/t14-/m0/s1. The van der Waals surface area contributed by atoms with E-state index in [-0.39, 0.29) is 30.2 Å². The highest BCUT2D eigenvalue weighted by molar-refractivity contribution is 5.43. The van der Waals surface area contributed by atoms with Crippen LogP contribution in [0.2, 0.25) is 0 Å². The summed E-state index contributed by atoms with van der Waals surface area (Å²) in [6, 6.07) is 13.5. The van der Waals surface area contributed by atoms with Crippen molar-refractivity contribution in [3.8, 4) is 23.3 Å². The summed E-state index contributed by atoms with van der Waals surface area (Å²) >= 11 is 0. The number of nitrogens with zero attached hydrogens (tertiary/aromatic N) is 3. The van der Waals surface area contributed by atoms with E-state index >= 15 is 0 Å². The number of alkyl halides is 2. The Hall–Kier alpha value is -3.73. The summed E-state index contributed by atoms with van der Waals surface area (Å²) in [4.78, 5) is 14.1. The molecule has 0 spiro atoms. The van der Waals surface area contributed by atoms with Gasteiger partial charge >= 0.3 is 18.4 Å². The van der Waals surface area contributed by atoms with Gasteiger partial charge in [-0.05, 0) is 23.1 Å². The largest absolute Gasteiger partial charge is 0.457 e. The van der Waals surface area contributed by atoms with Crippen molar-refractivity contribution in [3.63, 3.8) is 0 Å². The molecule has 1 aliphatic heterocycles. The smallest absolute Gasteiger partial charge is 0.414 e. The minimum absolute atomic E-state index is 0.0129. The van der Waals surface area contributed by atoms with Crippen LogP contribution in [0, 0.1) is 10.1 Å². The van der Waals surface area contributed by atoms with Crippen molar-refractivity contribution in [1.82, 2.24) is 14.9 Å². The average Bonchev–Trinajstić information content (AvgIpc) is 3.17. The Kier molecular flexibility index (Phi) is 5.94. The van der Waals surface area contributed by atoms with Crippen LogP contribution < -0.4 is 19.5 Å². The van der Waals surface area contributed by atoms with Crippen LogP contribution in [-0.2, 0) is 13.1 Å². The van der Waals surface area contributed by atoms with Crippen molar-refractivity contribution in [2.75, 3.05) is 6.61 Å². The first kappa shape index (κ1) is 20.5. The van der Waals surface area contributed by atoms with E-state index in [1.807, 2.05) is 6.07 Å². The Morgan fingerprint density at radius 3 is 2.81 bits per heavy atom. The Morgan fingerprint density at radius 2 is 2.06 bits per heavy atom. The summed E-state index contributed by atoms with van der Waals surface area (Å²) in [7, 11) is 0. The maximum Gasteiger partial charge on any atom is 0.414 e. The predicted octanol–water partition coefficient (Wildman–Crippen LogP) is 3.74. The van der Waals surface area contributed by atoms with Crippen LogP contribution >= 0.6 is 0 Å².